The minimum atomic E-state index is -0.238. The van der Waals surface area contributed by atoms with E-state index in [9.17, 15) is 4.79 Å². The number of hydrogen-bond acceptors (Lipinski definition) is 5. The molecule has 5 aromatic rings. The van der Waals surface area contributed by atoms with Crippen molar-refractivity contribution in [3.05, 3.63) is 84.7 Å². The Kier molecular flexibility index (Phi) is 7.16. The highest BCUT2D eigenvalue weighted by Crippen LogP contribution is 2.42. The summed E-state index contributed by atoms with van der Waals surface area (Å²) in [4.78, 5) is 25.6. The first-order valence-electron chi connectivity index (χ1n) is 14.3. The van der Waals surface area contributed by atoms with Crippen LogP contribution in [0.1, 0.15) is 18.1 Å². The number of pyridine rings is 1. The number of likely N-dealkylation sites (N-methyl/N-ethyl adjacent to an activating group) is 1. The molecular weight excluding hydrogens is 522 g/mol. The van der Waals surface area contributed by atoms with Gasteiger partial charge in [-0.15, -0.1) is 0 Å². The van der Waals surface area contributed by atoms with Crippen molar-refractivity contribution in [1.82, 2.24) is 24.6 Å². The van der Waals surface area contributed by atoms with Crippen LogP contribution in [-0.4, -0.2) is 63.3 Å². The number of carbonyl (C=O) groups excluding carboxylic acids is 1. The van der Waals surface area contributed by atoms with Crippen LogP contribution in [0.5, 0.6) is 0 Å². The van der Waals surface area contributed by atoms with E-state index in [0.717, 1.165) is 81.1 Å². The van der Waals surface area contributed by atoms with Crippen LogP contribution in [0.2, 0.25) is 0 Å². The monoisotopic (exact) mass is 559 g/mol. The molecule has 1 fully saturated rings. The van der Waals surface area contributed by atoms with Crippen molar-refractivity contribution in [2.24, 2.45) is 7.05 Å². The molecule has 2 N–H and O–H groups in total. The SMILES string of the molecule is C=CC(=O)Nc1cc(-c2c(-c3ccc(N4CCN(C)[C@@H](C)C4)cc3)[nH]c3ncc(-c4ccn(C)n4)c(C)c23)ccc1C. The van der Waals surface area contributed by atoms with E-state index < -0.39 is 0 Å². The van der Waals surface area contributed by atoms with Crippen molar-refractivity contribution < 1.29 is 4.79 Å². The Labute approximate surface area is 246 Å². The first-order chi connectivity index (χ1) is 20.2. The average molecular weight is 560 g/mol. The van der Waals surface area contributed by atoms with Crippen LogP contribution in [-0.2, 0) is 11.8 Å². The molecule has 1 atom stereocenters. The highest BCUT2D eigenvalue weighted by molar-refractivity contribution is 6.07. The number of fused-ring (bicyclic) bond motifs is 1. The van der Waals surface area contributed by atoms with Crippen LogP contribution >= 0.6 is 0 Å². The summed E-state index contributed by atoms with van der Waals surface area (Å²) in [6.45, 7) is 13.1. The highest BCUT2D eigenvalue weighted by atomic mass is 16.1. The Balaban J connectivity index is 1.51. The number of nitrogens with zero attached hydrogens (tertiary/aromatic N) is 5. The summed E-state index contributed by atoms with van der Waals surface area (Å²) in [7, 11) is 4.11. The van der Waals surface area contributed by atoms with E-state index in [-0.39, 0.29) is 5.91 Å². The maximum atomic E-state index is 12.2. The summed E-state index contributed by atoms with van der Waals surface area (Å²) < 4.78 is 1.81. The fraction of sp³-hybridized carbons (Fsp3) is 0.265. The molecule has 3 aromatic heterocycles. The largest absolute Gasteiger partial charge is 0.369 e. The van der Waals surface area contributed by atoms with Crippen molar-refractivity contribution >= 4 is 28.3 Å². The van der Waals surface area contributed by atoms with Crippen LogP contribution in [0.25, 0.3) is 44.7 Å². The number of nitrogens with one attached hydrogen (secondary N) is 2. The summed E-state index contributed by atoms with van der Waals surface area (Å²) in [6, 6.07) is 17.5. The fourth-order valence-electron chi connectivity index (χ4n) is 5.85. The van der Waals surface area contributed by atoms with Gasteiger partial charge in [-0.25, -0.2) is 4.98 Å². The molecule has 1 saturated heterocycles. The van der Waals surface area contributed by atoms with Crippen LogP contribution in [0.4, 0.5) is 11.4 Å². The molecule has 0 spiro atoms. The molecular formula is C34H37N7O. The van der Waals surface area contributed by atoms with E-state index in [2.05, 4.69) is 83.0 Å². The van der Waals surface area contributed by atoms with Gasteiger partial charge in [0.15, 0.2) is 0 Å². The minimum Gasteiger partial charge on any atom is -0.369 e. The molecule has 0 unspecified atom stereocenters. The Hall–Kier alpha value is -4.69. The molecule has 0 radical (unpaired) electrons. The zero-order chi connectivity index (χ0) is 29.5. The Morgan fingerprint density at radius 2 is 1.83 bits per heavy atom. The molecule has 0 bridgehead atoms. The predicted molar refractivity (Wildman–Crippen MR) is 172 cm³/mol. The second-order valence-corrected chi connectivity index (χ2v) is 11.3. The lowest BCUT2D eigenvalue weighted by molar-refractivity contribution is -0.111. The molecule has 6 rings (SSSR count). The lowest BCUT2D eigenvalue weighted by atomic mass is 9.94. The second kappa shape index (κ2) is 10.9. The smallest absolute Gasteiger partial charge is 0.247 e. The van der Waals surface area contributed by atoms with Crippen molar-refractivity contribution in [3.63, 3.8) is 0 Å². The number of carbonyl (C=O) groups is 1. The standard InChI is InChI=1S/C34H37N7O/c1-7-30(42)36-29-18-25(9-8-21(29)2)32-31-23(4)27(28-14-15-40(6)38-28)19-35-34(31)37-33(32)24-10-12-26(13-11-24)41-17-16-39(5)22(3)20-41/h7-15,18-19,22H,1,16-17,20H2,2-6H3,(H,35,37)(H,36,42)/t22-/m0/s1. The Morgan fingerprint density at radius 1 is 1.07 bits per heavy atom. The number of hydrogen-bond donors (Lipinski definition) is 2. The number of anilines is 2. The lowest BCUT2D eigenvalue weighted by Crippen LogP contribution is -2.50. The van der Waals surface area contributed by atoms with E-state index >= 15 is 0 Å². The van der Waals surface area contributed by atoms with Gasteiger partial charge >= 0.3 is 0 Å². The van der Waals surface area contributed by atoms with Crippen molar-refractivity contribution in [2.45, 2.75) is 26.8 Å². The molecule has 1 amide bonds. The molecule has 4 heterocycles. The normalized spacial score (nSPS) is 15.7. The molecule has 1 aliphatic rings. The van der Waals surface area contributed by atoms with Gasteiger partial charge in [-0.2, -0.15) is 5.10 Å². The zero-order valence-electron chi connectivity index (χ0n) is 24.9. The number of piperazine rings is 1. The van der Waals surface area contributed by atoms with Crippen molar-refractivity contribution in [1.29, 1.82) is 0 Å². The van der Waals surface area contributed by atoms with E-state index in [0.29, 0.717) is 6.04 Å². The predicted octanol–water partition coefficient (Wildman–Crippen LogP) is 6.18. The van der Waals surface area contributed by atoms with Crippen LogP contribution in [0, 0.1) is 13.8 Å². The van der Waals surface area contributed by atoms with Gasteiger partial charge in [0.05, 0.1) is 11.4 Å². The second-order valence-electron chi connectivity index (χ2n) is 11.3. The van der Waals surface area contributed by atoms with Gasteiger partial charge in [-0.1, -0.05) is 30.8 Å². The van der Waals surface area contributed by atoms with Gasteiger partial charge < -0.3 is 20.1 Å². The van der Waals surface area contributed by atoms with Crippen LogP contribution in [0.3, 0.4) is 0 Å². The third-order valence-corrected chi connectivity index (χ3v) is 8.52. The number of aromatic nitrogens is 4. The molecule has 2 aromatic carbocycles. The number of amides is 1. The summed E-state index contributed by atoms with van der Waals surface area (Å²) >= 11 is 0. The number of aryl methyl sites for hydroxylation is 3. The van der Waals surface area contributed by atoms with Gasteiger partial charge in [0.1, 0.15) is 5.65 Å². The van der Waals surface area contributed by atoms with E-state index in [1.807, 2.05) is 44.6 Å². The van der Waals surface area contributed by atoms with E-state index in [1.165, 1.54) is 11.8 Å². The molecule has 214 valence electrons. The summed E-state index contributed by atoms with van der Waals surface area (Å²) in [5.41, 5.74) is 10.8. The number of H-pyrrole nitrogens is 1. The zero-order valence-corrected chi connectivity index (χ0v) is 24.9. The number of rotatable bonds is 6. The Bertz CT molecular complexity index is 1800. The fourth-order valence-corrected chi connectivity index (χ4v) is 5.85. The quantitative estimate of drug-likeness (QED) is 0.243. The first-order valence-corrected chi connectivity index (χ1v) is 14.3. The number of aromatic amines is 1. The van der Waals surface area contributed by atoms with Gasteiger partial charge in [0.25, 0.3) is 0 Å². The van der Waals surface area contributed by atoms with E-state index in [1.54, 1.807) is 4.68 Å². The maximum absolute atomic E-state index is 12.2. The van der Waals surface area contributed by atoms with Crippen molar-refractivity contribution in [2.75, 3.05) is 36.9 Å². The molecule has 8 heteroatoms. The molecule has 1 aliphatic heterocycles. The topological polar surface area (TPSA) is 82.1 Å². The third kappa shape index (κ3) is 4.99. The maximum Gasteiger partial charge on any atom is 0.247 e. The molecule has 8 nitrogen and oxygen atoms in total. The van der Waals surface area contributed by atoms with Gasteiger partial charge in [0, 0.05) is 73.0 Å². The van der Waals surface area contributed by atoms with Gasteiger partial charge in [-0.3, -0.25) is 9.48 Å². The first kappa shape index (κ1) is 27.5. The molecule has 0 saturated carbocycles. The Morgan fingerprint density at radius 3 is 2.52 bits per heavy atom. The summed E-state index contributed by atoms with van der Waals surface area (Å²) in [5, 5.41) is 8.66. The van der Waals surface area contributed by atoms with Crippen molar-refractivity contribution in [3.8, 4) is 33.6 Å². The lowest BCUT2D eigenvalue weighted by Gasteiger charge is -2.39. The minimum absolute atomic E-state index is 0.238. The highest BCUT2D eigenvalue weighted by Gasteiger charge is 2.23. The summed E-state index contributed by atoms with van der Waals surface area (Å²) in [5.74, 6) is -0.238. The van der Waals surface area contributed by atoms with Crippen LogP contribution in [0.15, 0.2) is 73.6 Å². The molecule has 0 aliphatic carbocycles. The number of benzene rings is 2. The summed E-state index contributed by atoms with van der Waals surface area (Å²) in [6.07, 6.45) is 5.13. The average Bonchev–Trinajstić information content (AvgIpc) is 3.60. The van der Waals surface area contributed by atoms with Crippen LogP contribution < -0.4 is 10.2 Å². The molecule has 42 heavy (non-hydrogen) atoms. The van der Waals surface area contributed by atoms with E-state index in [4.69, 9.17) is 4.98 Å². The third-order valence-electron chi connectivity index (χ3n) is 8.52. The van der Waals surface area contributed by atoms with Gasteiger partial charge in [0.2, 0.25) is 5.91 Å². The van der Waals surface area contributed by atoms with Gasteiger partial charge in [-0.05, 0) is 80.4 Å².